The number of hydrogen-bond acceptors (Lipinski definition) is 5. The summed E-state index contributed by atoms with van der Waals surface area (Å²) in [5.41, 5.74) is 1.51. The minimum absolute atomic E-state index is 0.226. The molecule has 0 spiro atoms. The molecule has 0 bridgehead atoms. The zero-order valence-electron chi connectivity index (χ0n) is 17.5. The summed E-state index contributed by atoms with van der Waals surface area (Å²) in [6.45, 7) is 10.4. The summed E-state index contributed by atoms with van der Waals surface area (Å²) < 4.78 is 14.5. The second-order valence-corrected chi connectivity index (χ2v) is 9.40. The van der Waals surface area contributed by atoms with Crippen LogP contribution in [-0.2, 0) is 21.8 Å². The first-order valence-electron chi connectivity index (χ1n) is 9.84. The Morgan fingerprint density at radius 2 is 1.79 bits per heavy atom. The topological polar surface area (TPSA) is 73.0 Å². The van der Waals surface area contributed by atoms with Gasteiger partial charge in [0.25, 0.3) is 0 Å². The van der Waals surface area contributed by atoms with Gasteiger partial charge in [-0.1, -0.05) is 13.0 Å². The summed E-state index contributed by atoms with van der Waals surface area (Å²) in [4.78, 5) is 0. The zero-order chi connectivity index (χ0) is 20.3. The molecule has 2 aliphatic rings. The van der Waals surface area contributed by atoms with Gasteiger partial charge < -0.3 is 13.9 Å². The van der Waals surface area contributed by atoms with Crippen LogP contribution in [0.25, 0.3) is 0 Å². The van der Waals surface area contributed by atoms with Gasteiger partial charge in [-0.25, -0.2) is 0 Å². The maximum atomic E-state index is 9.66. The van der Waals surface area contributed by atoms with Crippen molar-refractivity contribution in [3.05, 3.63) is 41.5 Å². The quantitative estimate of drug-likeness (QED) is 0.768. The van der Waals surface area contributed by atoms with E-state index in [0.29, 0.717) is 11.5 Å². The van der Waals surface area contributed by atoms with Gasteiger partial charge in [0.2, 0.25) is 0 Å². The molecule has 0 atom stereocenters. The Labute approximate surface area is 167 Å². The maximum absolute atomic E-state index is 9.66. The third-order valence-corrected chi connectivity index (χ3v) is 6.70. The normalized spacial score (nSPS) is 28.0. The van der Waals surface area contributed by atoms with E-state index in [9.17, 15) is 5.26 Å². The Kier molecular flexibility index (Phi) is 4.22. The van der Waals surface area contributed by atoms with Crippen molar-refractivity contribution >= 4 is 12.6 Å². The zero-order valence-corrected chi connectivity index (χ0v) is 17.5. The first-order valence-corrected chi connectivity index (χ1v) is 9.84. The molecule has 1 saturated carbocycles. The van der Waals surface area contributed by atoms with Crippen LogP contribution in [0.1, 0.15) is 64.4 Å². The van der Waals surface area contributed by atoms with Crippen molar-refractivity contribution in [3.8, 4) is 6.07 Å². The average Bonchev–Trinajstić information content (AvgIpc) is 3.11. The van der Waals surface area contributed by atoms with Crippen LogP contribution in [0.2, 0.25) is 0 Å². The molecule has 1 aliphatic carbocycles. The van der Waals surface area contributed by atoms with Gasteiger partial charge in [0.1, 0.15) is 12.2 Å². The Balaban J connectivity index is 1.80. The van der Waals surface area contributed by atoms with Crippen LogP contribution in [0.5, 0.6) is 0 Å². The summed E-state index contributed by atoms with van der Waals surface area (Å²) in [5, 5.41) is 18.2. The number of rotatable bonds is 3. The molecule has 6 nitrogen and oxygen atoms in total. The predicted molar refractivity (Wildman–Crippen MR) is 107 cm³/mol. The fourth-order valence-electron chi connectivity index (χ4n) is 4.50. The van der Waals surface area contributed by atoms with Crippen LogP contribution in [0.4, 0.5) is 0 Å². The molecule has 4 rings (SSSR count). The third kappa shape index (κ3) is 2.78. The highest BCUT2D eigenvalue weighted by Gasteiger charge is 2.53. The standard InChI is InChI=1S/C21H27BN4O2/c1-14-10-21(11-14,18-25-24-13-26(18)6)16-7-15(12-23)8-17(9-16)22-27-19(2,3)20(4,5)28-22/h7-9,13-14H,10-11H2,1-6H3. The average molecular weight is 378 g/mol. The summed E-state index contributed by atoms with van der Waals surface area (Å²) in [5.74, 6) is 1.54. The second-order valence-electron chi connectivity index (χ2n) is 9.40. The third-order valence-electron chi connectivity index (χ3n) is 6.70. The molecule has 2 aromatic rings. The molecule has 28 heavy (non-hydrogen) atoms. The van der Waals surface area contributed by atoms with Crippen LogP contribution in [0.15, 0.2) is 24.5 Å². The monoisotopic (exact) mass is 378 g/mol. The molecule has 1 aliphatic heterocycles. The molecule has 0 N–H and O–H groups in total. The number of aryl methyl sites for hydroxylation is 1. The number of nitrogens with zero attached hydrogens (tertiary/aromatic N) is 4. The first kappa shape index (κ1) is 19.2. The highest BCUT2D eigenvalue weighted by Crippen LogP contribution is 2.51. The number of nitriles is 1. The second kappa shape index (κ2) is 6.17. The lowest BCUT2D eigenvalue weighted by Gasteiger charge is -2.46. The van der Waals surface area contributed by atoms with E-state index in [4.69, 9.17) is 9.31 Å². The molecule has 0 amide bonds. The van der Waals surface area contributed by atoms with Gasteiger partial charge in [0, 0.05) is 7.05 Å². The summed E-state index contributed by atoms with van der Waals surface area (Å²) >= 11 is 0. The lowest BCUT2D eigenvalue weighted by molar-refractivity contribution is 0.00578. The minimum atomic E-state index is -0.494. The van der Waals surface area contributed by atoms with Gasteiger partial charge in [-0.05, 0) is 69.6 Å². The van der Waals surface area contributed by atoms with E-state index < -0.39 is 18.3 Å². The Hall–Kier alpha value is -2.17. The molecule has 1 aromatic carbocycles. The van der Waals surface area contributed by atoms with Gasteiger partial charge in [-0.2, -0.15) is 5.26 Å². The van der Waals surface area contributed by atoms with Crippen molar-refractivity contribution in [2.24, 2.45) is 13.0 Å². The van der Waals surface area contributed by atoms with Crippen LogP contribution < -0.4 is 5.46 Å². The van der Waals surface area contributed by atoms with Crippen LogP contribution in [0.3, 0.4) is 0 Å². The lowest BCUT2D eigenvalue weighted by Crippen LogP contribution is -2.44. The fraction of sp³-hybridized carbons (Fsp3) is 0.571. The molecule has 146 valence electrons. The van der Waals surface area contributed by atoms with E-state index in [1.165, 1.54) is 0 Å². The van der Waals surface area contributed by atoms with Gasteiger partial charge in [-0.3, -0.25) is 0 Å². The minimum Gasteiger partial charge on any atom is -0.399 e. The van der Waals surface area contributed by atoms with E-state index in [1.807, 2.05) is 51.4 Å². The van der Waals surface area contributed by atoms with Crippen molar-refractivity contribution in [2.45, 2.75) is 64.1 Å². The van der Waals surface area contributed by atoms with Gasteiger partial charge in [-0.15, -0.1) is 10.2 Å². The molecule has 1 aromatic heterocycles. The summed E-state index contributed by atoms with van der Waals surface area (Å²) in [6.07, 6.45) is 3.71. The van der Waals surface area contributed by atoms with Crippen molar-refractivity contribution in [3.63, 3.8) is 0 Å². The Morgan fingerprint density at radius 3 is 2.29 bits per heavy atom. The number of aromatic nitrogens is 3. The first-order chi connectivity index (χ1) is 13.1. The van der Waals surface area contributed by atoms with E-state index in [1.54, 1.807) is 6.33 Å². The molecule has 2 fully saturated rings. The molecule has 0 unspecified atom stereocenters. The number of hydrogen-bond donors (Lipinski definition) is 0. The van der Waals surface area contributed by atoms with E-state index in [2.05, 4.69) is 29.3 Å². The van der Waals surface area contributed by atoms with Crippen LogP contribution in [-0.4, -0.2) is 33.1 Å². The van der Waals surface area contributed by atoms with Crippen LogP contribution >= 0.6 is 0 Å². The van der Waals surface area contributed by atoms with E-state index >= 15 is 0 Å². The van der Waals surface area contributed by atoms with Crippen molar-refractivity contribution in [1.29, 1.82) is 5.26 Å². The van der Waals surface area contributed by atoms with Crippen molar-refractivity contribution in [2.75, 3.05) is 0 Å². The fourth-order valence-corrected chi connectivity index (χ4v) is 4.50. The van der Waals surface area contributed by atoms with Crippen molar-refractivity contribution < 1.29 is 9.31 Å². The van der Waals surface area contributed by atoms with Gasteiger partial charge >= 0.3 is 7.12 Å². The molecule has 2 heterocycles. The molecular weight excluding hydrogens is 351 g/mol. The highest BCUT2D eigenvalue weighted by atomic mass is 16.7. The van der Waals surface area contributed by atoms with Crippen molar-refractivity contribution in [1.82, 2.24) is 14.8 Å². The smallest absolute Gasteiger partial charge is 0.399 e. The van der Waals surface area contributed by atoms with Gasteiger partial charge in [0.15, 0.2) is 0 Å². The number of benzene rings is 1. The Bertz CT molecular complexity index is 938. The molecule has 7 heteroatoms. The van der Waals surface area contributed by atoms with Crippen LogP contribution in [0, 0.1) is 17.2 Å². The summed E-state index contributed by atoms with van der Waals surface area (Å²) in [6, 6.07) is 8.29. The Morgan fingerprint density at radius 1 is 1.14 bits per heavy atom. The molecule has 0 radical (unpaired) electrons. The largest absolute Gasteiger partial charge is 0.494 e. The maximum Gasteiger partial charge on any atom is 0.494 e. The summed E-state index contributed by atoms with van der Waals surface area (Å²) in [7, 11) is 1.48. The SMILES string of the molecule is CC1CC(c2cc(C#N)cc(B3OC(C)(C)C(C)(C)O3)c2)(c2nncn2C)C1. The van der Waals surface area contributed by atoms with E-state index in [-0.39, 0.29) is 5.41 Å². The van der Waals surface area contributed by atoms with Gasteiger partial charge in [0.05, 0.1) is 28.2 Å². The lowest BCUT2D eigenvalue weighted by atomic mass is 9.57. The molecule has 1 saturated heterocycles. The molecular formula is C21H27BN4O2. The van der Waals surface area contributed by atoms with E-state index in [0.717, 1.165) is 29.7 Å². The predicted octanol–water partition coefficient (Wildman–Crippen LogP) is 2.70. The highest BCUT2D eigenvalue weighted by molar-refractivity contribution is 6.62.